The van der Waals surface area contributed by atoms with E-state index < -0.39 is 11.9 Å². The van der Waals surface area contributed by atoms with E-state index in [0.29, 0.717) is 5.69 Å². The predicted molar refractivity (Wildman–Crippen MR) is 71.3 cm³/mol. The molecule has 0 aliphatic rings. The number of halogens is 3. The average molecular weight is 289 g/mol. The molecule has 0 radical (unpaired) electrons. The van der Waals surface area contributed by atoms with Crippen LogP contribution >= 0.6 is 23.2 Å². The van der Waals surface area contributed by atoms with Crippen LogP contribution in [0.3, 0.4) is 0 Å². The SMILES string of the molecule is C#CCNC(=O)C(C)Nc1cc(Cl)c(F)c(Cl)c1. The largest absolute Gasteiger partial charge is 0.374 e. The molecular formula is C12H11Cl2FN2O. The van der Waals surface area contributed by atoms with Gasteiger partial charge in [0.15, 0.2) is 5.82 Å². The third kappa shape index (κ3) is 3.80. The van der Waals surface area contributed by atoms with Crippen molar-refractivity contribution in [2.45, 2.75) is 13.0 Å². The molecule has 1 unspecified atom stereocenters. The standard InChI is InChI=1S/C12H11Cl2FN2O/c1-3-4-16-12(18)7(2)17-8-5-9(13)11(15)10(14)6-8/h1,5-7,17H,4H2,2H3,(H,16,18). The molecule has 0 saturated heterocycles. The van der Waals surface area contributed by atoms with E-state index >= 15 is 0 Å². The molecule has 96 valence electrons. The summed E-state index contributed by atoms with van der Waals surface area (Å²) in [7, 11) is 0. The van der Waals surface area contributed by atoms with Crippen molar-refractivity contribution in [1.82, 2.24) is 5.32 Å². The Bertz CT molecular complexity index is 476. The Morgan fingerprint density at radius 2 is 2.06 bits per heavy atom. The Kier molecular flexibility index (Phi) is 5.26. The highest BCUT2D eigenvalue weighted by molar-refractivity contribution is 6.35. The maximum absolute atomic E-state index is 13.2. The van der Waals surface area contributed by atoms with Crippen LogP contribution in [0.15, 0.2) is 12.1 Å². The van der Waals surface area contributed by atoms with Gasteiger partial charge in [0.1, 0.15) is 6.04 Å². The molecule has 3 nitrogen and oxygen atoms in total. The van der Waals surface area contributed by atoms with Gasteiger partial charge in [0, 0.05) is 5.69 Å². The van der Waals surface area contributed by atoms with Crippen LogP contribution < -0.4 is 10.6 Å². The fourth-order valence-corrected chi connectivity index (χ4v) is 1.73. The average Bonchev–Trinajstić information content (AvgIpc) is 2.32. The summed E-state index contributed by atoms with van der Waals surface area (Å²) in [6.45, 7) is 1.78. The van der Waals surface area contributed by atoms with E-state index in [4.69, 9.17) is 29.6 Å². The van der Waals surface area contributed by atoms with E-state index in [-0.39, 0.29) is 22.5 Å². The monoisotopic (exact) mass is 288 g/mol. The number of anilines is 1. The van der Waals surface area contributed by atoms with Gasteiger partial charge in [-0.2, -0.15) is 0 Å². The van der Waals surface area contributed by atoms with Crippen LogP contribution in [0.5, 0.6) is 0 Å². The van der Waals surface area contributed by atoms with Gasteiger partial charge in [0.25, 0.3) is 0 Å². The molecule has 0 heterocycles. The lowest BCUT2D eigenvalue weighted by molar-refractivity contribution is -0.121. The van der Waals surface area contributed by atoms with E-state index in [1.54, 1.807) is 6.92 Å². The summed E-state index contributed by atoms with van der Waals surface area (Å²) in [5, 5.41) is 5.14. The molecule has 0 aliphatic heterocycles. The van der Waals surface area contributed by atoms with Crippen LogP contribution in [0.4, 0.5) is 10.1 Å². The van der Waals surface area contributed by atoms with E-state index in [2.05, 4.69) is 16.6 Å². The molecule has 0 saturated carbocycles. The molecule has 1 atom stereocenters. The number of carbonyl (C=O) groups is 1. The lowest BCUT2D eigenvalue weighted by Gasteiger charge is -2.15. The molecule has 0 fully saturated rings. The second-order valence-electron chi connectivity index (χ2n) is 3.54. The molecule has 1 aromatic carbocycles. The zero-order valence-electron chi connectivity index (χ0n) is 9.56. The van der Waals surface area contributed by atoms with Gasteiger partial charge >= 0.3 is 0 Å². The Morgan fingerprint density at radius 1 is 1.50 bits per heavy atom. The predicted octanol–water partition coefficient (Wildman–Crippen LogP) is 2.68. The molecule has 6 heteroatoms. The number of hydrogen-bond acceptors (Lipinski definition) is 2. The maximum atomic E-state index is 13.2. The van der Waals surface area contributed by atoms with Gasteiger partial charge in [-0.3, -0.25) is 4.79 Å². The van der Waals surface area contributed by atoms with Crippen molar-refractivity contribution in [3.05, 3.63) is 28.0 Å². The van der Waals surface area contributed by atoms with Crippen molar-refractivity contribution in [3.8, 4) is 12.3 Å². The molecule has 0 bridgehead atoms. The Balaban J connectivity index is 2.73. The van der Waals surface area contributed by atoms with Crippen molar-refractivity contribution in [2.24, 2.45) is 0 Å². The summed E-state index contributed by atoms with van der Waals surface area (Å²) in [6, 6.07) is 2.16. The highest BCUT2D eigenvalue weighted by atomic mass is 35.5. The molecule has 1 amide bonds. The lowest BCUT2D eigenvalue weighted by Crippen LogP contribution is -2.37. The highest BCUT2D eigenvalue weighted by Gasteiger charge is 2.14. The molecule has 2 N–H and O–H groups in total. The van der Waals surface area contributed by atoms with Crippen LogP contribution in [0, 0.1) is 18.2 Å². The van der Waals surface area contributed by atoms with Gasteiger partial charge in [-0.25, -0.2) is 4.39 Å². The molecule has 0 spiro atoms. The van der Waals surface area contributed by atoms with Gasteiger partial charge in [0.2, 0.25) is 5.91 Å². The first-order chi connectivity index (χ1) is 8.45. The fourth-order valence-electron chi connectivity index (χ4n) is 1.25. The van der Waals surface area contributed by atoms with E-state index in [9.17, 15) is 9.18 Å². The van der Waals surface area contributed by atoms with Crippen LogP contribution in [-0.2, 0) is 4.79 Å². The second-order valence-corrected chi connectivity index (χ2v) is 4.36. The number of benzene rings is 1. The number of nitrogens with one attached hydrogen (secondary N) is 2. The van der Waals surface area contributed by atoms with Crippen LogP contribution in [0.1, 0.15) is 6.92 Å². The molecule has 1 rings (SSSR count). The zero-order chi connectivity index (χ0) is 13.7. The number of carbonyl (C=O) groups excluding carboxylic acids is 1. The molecule has 0 aliphatic carbocycles. The number of hydrogen-bond donors (Lipinski definition) is 2. The van der Waals surface area contributed by atoms with Crippen LogP contribution in [-0.4, -0.2) is 18.5 Å². The minimum absolute atomic E-state index is 0.110. The highest BCUT2D eigenvalue weighted by Crippen LogP contribution is 2.27. The molecule has 1 aromatic rings. The van der Waals surface area contributed by atoms with Crippen LogP contribution in [0.2, 0.25) is 10.0 Å². The second kappa shape index (κ2) is 6.48. The fraction of sp³-hybridized carbons (Fsp3) is 0.250. The van der Waals surface area contributed by atoms with Crippen molar-refractivity contribution in [3.63, 3.8) is 0 Å². The quantitative estimate of drug-likeness (QED) is 0.661. The number of terminal acetylenes is 1. The number of amides is 1. The van der Waals surface area contributed by atoms with Crippen molar-refractivity contribution in [2.75, 3.05) is 11.9 Å². The normalized spacial score (nSPS) is 11.5. The van der Waals surface area contributed by atoms with Crippen molar-refractivity contribution >= 4 is 34.8 Å². The zero-order valence-corrected chi connectivity index (χ0v) is 11.1. The van der Waals surface area contributed by atoms with Gasteiger partial charge in [-0.1, -0.05) is 29.1 Å². The summed E-state index contributed by atoms with van der Waals surface area (Å²) in [5.74, 6) is 1.33. The molecular weight excluding hydrogens is 278 g/mol. The third-order valence-corrected chi connectivity index (χ3v) is 2.68. The summed E-state index contributed by atoms with van der Waals surface area (Å²) in [6.07, 6.45) is 5.02. The Hall–Kier alpha value is -1.44. The minimum atomic E-state index is -0.687. The van der Waals surface area contributed by atoms with Crippen LogP contribution in [0.25, 0.3) is 0 Å². The minimum Gasteiger partial charge on any atom is -0.374 e. The number of rotatable bonds is 4. The Morgan fingerprint density at radius 3 is 2.56 bits per heavy atom. The molecule has 0 aromatic heterocycles. The van der Waals surface area contributed by atoms with Crippen molar-refractivity contribution < 1.29 is 9.18 Å². The Labute approximate surface area is 115 Å². The van der Waals surface area contributed by atoms with E-state index in [1.807, 2.05) is 0 Å². The third-order valence-electron chi connectivity index (χ3n) is 2.12. The van der Waals surface area contributed by atoms with Gasteiger partial charge in [0.05, 0.1) is 16.6 Å². The van der Waals surface area contributed by atoms with E-state index in [0.717, 1.165) is 0 Å². The van der Waals surface area contributed by atoms with Gasteiger partial charge < -0.3 is 10.6 Å². The first-order valence-electron chi connectivity index (χ1n) is 5.08. The smallest absolute Gasteiger partial charge is 0.242 e. The van der Waals surface area contributed by atoms with Gasteiger partial charge in [-0.15, -0.1) is 6.42 Å². The summed E-state index contributed by atoms with van der Waals surface area (Å²) in [4.78, 5) is 11.5. The summed E-state index contributed by atoms with van der Waals surface area (Å²) >= 11 is 11.3. The van der Waals surface area contributed by atoms with E-state index in [1.165, 1.54) is 12.1 Å². The summed E-state index contributed by atoms with van der Waals surface area (Å²) in [5.41, 5.74) is 0.453. The first kappa shape index (κ1) is 14.6. The lowest BCUT2D eigenvalue weighted by atomic mass is 10.2. The topological polar surface area (TPSA) is 41.1 Å². The summed E-state index contributed by atoms with van der Waals surface area (Å²) < 4.78 is 13.2. The maximum Gasteiger partial charge on any atom is 0.242 e. The van der Waals surface area contributed by atoms with Gasteiger partial charge in [-0.05, 0) is 19.1 Å². The molecule has 18 heavy (non-hydrogen) atoms. The first-order valence-corrected chi connectivity index (χ1v) is 5.83. The van der Waals surface area contributed by atoms with Crippen molar-refractivity contribution in [1.29, 1.82) is 0 Å².